The zero-order valence-corrected chi connectivity index (χ0v) is 11.1. The van der Waals surface area contributed by atoms with E-state index in [1.54, 1.807) is 6.07 Å². The largest absolute Gasteiger partial charge is 0.478 e. The van der Waals surface area contributed by atoms with Crippen molar-refractivity contribution < 1.29 is 19.4 Å². The minimum Gasteiger partial charge on any atom is -0.478 e. The molecule has 1 aromatic carbocycles. The summed E-state index contributed by atoms with van der Waals surface area (Å²) in [5, 5.41) is 11.4. The lowest BCUT2D eigenvalue weighted by Crippen LogP contribution is -2.21. The highest BCUT2D eigenvalue weighted by Crippen LogP contribution is 2.21. The summed E-state index contributed by atoms with van der Waals surface area (Å²) >= 11 is 3.21. The number of anilines is 1. The molecule has 7 heteroatoms. The fourth-order valence-electron chi connectivity index (χ4n) is 1.24. The summed E-state index contributed by atoms with van der Waals surface area (Å²) in [5.41, 5.74) is 5.45. The first kappa shape index (κ1) is 14.6. The van der Waals surface area contributed by atoms with Crippen LogP contribution in [0.5, 0.6) is 0 Å². The van der Waals surface area contributed by atoms with Crippen LogP contribution in [-0.4, -0.2) is 36.7 Å². The van der Waals surface area contributed by atoms with Crippen LogP contribution in [0.3, 0.4) is 0 Å². The van der Waals surface area contributed by atoms with Gasteiger partial charge in [-0.05, 0) is 18.2 Å². The molecule has 0 unspecified atom stereocenters. The van der Waals surface area contributed by atoms with E-state index in [0.29, 0.717) is 11.0 Å². The van der Waals surface area contributed by atoms with Crippen LogP contribution in [0.4, 0.5) is 5.69 Å². The molecule has 0 saturated heterocycles. The van der Waals surface area contributed by atoms with Crippen molar-refractivity contribution in [3.8, 4) is 0 Å². The van der Waals surface area contributed by atoms with Crippen molar-refractivity contribution in [1.29, 1.82) is 0 Å². The minimum atomic E-state index is -1.11. The van der Waals surface area contributed by atoms with Gasteiger partial charge in [0, 0.05) is 11.0 Å². The van der Waals surface area contributed by atoms with Crippen LogP contribution in [0.2, 0.25) is 0 Å². The first-order chi connectivity index (χ1) is 8.54. The van der Waals surface area contributed by atoms with E-state index in [9.17, 15) is 9.59 Å². The molecule has 0 spiro atoms. The maximum Gasteiger partial charge on any atom is 0.337 e. The average molecular weight is 317 g/mol. The predicted molar refractivity (Wildman–Crippen MR) is 69.6 cm³/mol. The summed E-state index contributed by atoms with van der Waals surface area (Å²) in [4.78, 5) is 22.4. The fraction of sp³-hybridized carbons (Fsp3) is 0.273. The van der Waals surface area contributed by atoms with Gasteiger partial charge in [-0.1, -0.05) is 15.9 Å². The van der Waals surface area contributed by atoms with Gasteiger partial charge in [-0.25, -0.2) is 4.79 Å². The Morgan fingerprint density at radius 2 is 2.17 bits per heavy atom. The molecule has 18 heavy (non-hydrogen) atoms. The van der Waals surface area contributed by atoms with Crippen LogP contribution < -0.4 is 11.1 Å². The van der Waals surface area contributed by atoms with Crippen molar-refractivity contribution in [2.45, 2.75) is 0 Å². The number of benzene rings is 1. The highest BCUT2D eigenvalue weighted by molar-refractivity contribution is 9.10. The number of amides is 1. The second-order valence-electron chi connectivity index (χ2n) is 3.38. The van der Waals surface area contributed by atoms with Crippen LogP contribution >= 0.6 is 15.9 Å². The predicted octanol–water partition coefficient (Wildman–Crippen LogP) is 1.06. The molecule has 0 heterocycles. The van der Waals surface area contributed by atoms with E-state index in [1.165, 1.54) is 12.1 Å². The van der Waals surface area contributed by atoms with E-state index in [2.05, 4.69) is 21.2 Å². The Labute approximate surface area is 112 Å². The second kappa shape index (κ2) is 7.10. The fourth-order valence-corrected chi connectivity index (χ4v) is 1.60. The normalized spacial score (nSPS) is 10.1. The molecule has 0 aliphatic carbocycles. The van der Waals surface area contributed by atoms with E-state index < -0.39 is 11.9 Å². The molecule has 98 valence electrons. The third kappa shape index (κ3) is 4.44. The lowest BCUT2D eigenvalue weighted by molar-refractivity contribution is -0.120. The number of hydrogen-bond donors (Lipinski definition) is 3. The van der Waals surface area contributed by atoms with Gasteiger partial charge in [0.15, 0.2) is 0 Å². The topological polar surface area (TPSA) is 102 Å². The van der Waals surface area contributed by atoms with Gasteiger partial charge in [0.2, 0.25) is 5.91 Å². The molecule has 1 rings (SSSR count). The SMILES string of the molecule is NCCOCC(=O)Nc1cc(Br)ccc1C(=O)O. The zero-order valence-electron chi connectivity index (χ0n) is 9.48. The molecule has 6 nitrogen and oxygen atoms in total. The Kier molecular flexibility index (Phi) is 5.76. The van der Waals surface area contributed by atoms with Crippen molar-refractivity contribution in [2.75, 3.05) is 25.1 Å². The molecule has 1 aromatic rings. The van der Waals surface area contributed by atoms with Gasteiger partial charge in [-0.3, -0.25) is 4.79 Å². The molecule has 0 fully saturated rings. The van der Waals surface area contributed by atoms with Gasteiger partial charge in [-0.2, -0.15) is 0 Å². The Hall–Kier alpha value is -1.44. The summed E-state index contributed by atoms with van der Waals surface area (Å²) in [5.74, 6) is -1.54. The number of halogens is 1. The summed E-state index contributed by atoms with van der Waals surface area (Å²) in [6.45, 7) is 0.436. The first-order valence-corrected chi connectivity index (χ1v) is 5.94. The van der Waals surface area contributed by atoms with E-state index in [0.717, 1.165) is 0 Å². The number of rotatable bonds is 6. The Balaban J connectivity index is 2.73. The van der Waals surface area contributed by atoms with Crippen molar-refractivity contribution in [2.24, 2.45) is 5.73 Å². The van der Waals surface area contributed by atoms with Crippen LogP contribution in [0.1, 0.15) is 10.4 Å². The molecular weight excluding hydrogens is 304 g/mol. The number of aromatic carboxylic acids is 1. The average Bonchev–Trinajstić information content (AvgIpc) is 2.29. The number of carboxylic acid groups (broad SMARTS) is 1. The van der Waals surface area contributed by atoms with Gasteiger partial charge >= 0.3 is 5.97 Å². The van der Waals surface area contributed by atoms with Gasteiger partial charge in [-0.15, -0.1) is 0 Å². The van der Waals surface area contributed by atoms with Crippen LogP contribution in [-0.2, 0) is 9.53 Å². The van der Waals surface area contributed by atoms with Gasteiger partial charge in [0.05, 0.1) is 17.9 Å². The summed E-state index contributed by atoms with van der Waals surface area (Å²) in [6.07, 6.45) is 0. The van der Waals surface area contributed by atoms with E-state index in [4.69, 9.17) is 15.6 Å². The smallest absolute Gasteiger partial charge is 0.337 e. The number of nitrogens with one attached hydrogen (secondary N) is 1. The number of ether oxygens (including phenoxy) is 1. The maximum atomic E-state index is 11.5. The van der Waals surface area contributed by atoms with E-state index in [1.807, 2.05) is 0 Å². The Bertz CT molecular complexity index is 451. The minimum absolute atomic E-state index is 0.0189. The number of carbonyl (C=O) groups excluding carboxylic acids is 1. The van der Waals surface area contributed by atoms with Crippen molar-refractivity contribution in [3.63, 3.8) is 0 Å². The number of hydrogen-bond acceptors (Lipinski definition) is 4. The third-order valence-electron chi connectivity index (χ3n) is 1.98. The van der Waals surface area contributed by atoms with Gasteiger partial charge < -0.3 is 20.9 Å². The molecule has 0 aromatic heterocycles. The number of carboxylic acids is 1. The number of nitrogens with two attached hydrogens (primary N) is 1. The van der Waals surface area contributed by atoms with Crippen molar-refractivity contribution in [3.05, 3.63) is 28.2 Å². The standard InChI is InChI=1S/C11H13BrN2O4/c12-7-1-2-8(11(16)17)9(5-7)14-10(15)6-18-4-3-13/h1-2,5H,3-4,6,13H2,(H,14,15)(H,16,17). The molecule has 0 aliphatic heterocycles. The summed E-state index contributed by atoms with van der Waals surface area (Å²) < 4.78 is 5.62. The molecule has 0 bridgehead atoms. The second-order valence-corrected chi connectivity index (χ2v) is 4.30. The lowest BCUT2D eigenvalue weighted by atomic mass is 10.2. The molecule has 0 saturated carbocycles. The monoisotopic (exact) mass is 316 g/mol. The van der Waals surface area contributed by atoms with Crippen molar-refractivity contribution in [1.82, 2.24) is 0 Å². The zero-order chi connectivity index (χ0) is 13.5. The van der Waals surface area contributed by atoms with Gasteiger partial charge in [0.25, 0.3) is 0 Å². The molecular formula is C11H13BrN2O4. The van der Waals surface area contributed by atoms with Crippen molar-refractivity contribution >= 4 is 33.5 Å². The summed E-state index contributed by atoms with van der Waals surface area (Å²) in [6, 6.07) is 4.51. The third-order valence-corrected chi connectivity index (χ3v) is 2.47. The maximum absolute atomic E-state index is 11.5. The quantitative estimate of drug-likeness (QED) is 0.681. The van der Waals surface area contributed by atoms with E-state index >= 15 is 0 Å². The molecule has 1 amide bonds. The first-order valence-electron chi connectivity index (χ1n) is 5.15. The molecule has 0 atom stereocenters. The van der Waals surface area contributed by atoms with Crippen LogP contribution in [0.15, 0.2) is 22.7 Å². The summed E-state index contributed by atoms with van der Waals surface area (Å²) in [7, 11) is 0. The van der Waals surface area contributed by atoms with Gasteiger partial charge in [0.1, 0.15) is 6.61 Å². The van der Waals surface area contributed by atoms with E-state index in [-0.39, 0.29) is 24.5 Å². The molecule has 4 N–H and O–H groups in total. The molecule has 0 aliphatic rings. The number of carbonyl (C=O) groups is 2. The van der Waals surface area contributed by atoms with Crippen LogP contribution in [0.25, 0.3) is 0 Å². The Morgan fingerprint density at radius 3 is 2.78 bits per heavy atom. The molecule has 0 radical (unpaired) electrons. The highest BCUT2D eigenvalue weighted by atomic mass is 79.9. The van der Waals surface area contributed by atoms with Crippen LogP contribution in [0, 0.1) is 0 Å². The highest BCUT2D eigenvalue weighted by Gasteiger charge is 2.12. The lowest BCUT2D eigenvalue weighted by Gasteiger charge is -2.09. The Morgan fingerprint density at radius 1 is 1.44 bits per heavy atom.